The van der Waals surface area contributed by atoms with Gasteiger partial charge in [0, 0.05) is 50.7 Å². The fourth-order valence-corrected chi connectivity index (χ4v) is 3.74. The number of hydrogen-bond donors (Lipinski definition) is 0. The zero-order valence-electron chi connectivity index (χ0n) is 14.3. The standard InChI is InChI=1S/C20H24N4/c1-23-9-11-24(12-10-23)8-7-16-5-6-20-18(16)3-2-4-19(20)17-13-21-15-22-14-17/h2-5,13-15H,6-12H2,1H3. The van der Waals surface area contributed by atoms with Crippen LogP contribution in [0.2, 0.25) is 0 Å². The molecule has 1 aliphatic carbocycles. The molecule has 4 heteroatoms. The number of fused-ring (bicyclic) bond motifs is 1. The van der Waals surface area contributed by atoms with E-state index in [1.165, 1.54) is 48.4 Å². The van der Waals surface area contributed by atoms with Crippen LogP contribution in [-0.4, -0.2) is 59.5 Å². The summed E-state index contributed by atoms with van der Waals surface area (Å²) in [5.74, 6) is 0. The van der Waals surface area contributed by atoms with E-state index < -0.39 is 0 Å². The zero-order chi connectivity index (χ0) is 16.4. The lowest BCUT2D eigenvalue weighted by molar-refractivity contribution is 0.157. The maximum atomic E-state index is 4.17. The lowest BCUT2D eigenvalue weighted by atomic mass is 9.95. The van der Waals surface area contributed by atoms with Gasteiger partial charge in [0.05, 0.1) is 0 Å². The van der Waals surface area contributed by atoms with E-state index in [1.54, 1.807) is 6.33 Å². The molecule has 1 saturated heterocycles. The highest BCUT2D eigenvalue weighted by molar-refractivity contribution is 5.81. The molecule has 0 bridgehead atoms. The molecule has 0 amide bonds. The van der Waals surface area contributed by atoms with Crippen LogP contribution in [0.4, 0.5) is 0 Å². The van der Waals surface area contributed by atoms with Gasteiger partial charge in [0.15, 0.2) is 0 Å². The van der Waals surface area contributed by atoms with Gasteiger partial charge >= 0.3 is 0 Å². The average molecular weight is 320 g/mol. The molecule has 2 heterocycles. The van der Waals surface area contributed by atoms with Crippen molar-refractivity contribution in [1.29, 1.82) is 0 Å². The van der Waals surface area contributed by atoms with E-state index >= 15 is 0 Å². The van der Waals surface area contributed by atoms with Gasteiger partial charge < -0.3 is 9.80 Å². The predicted molar refractivity (Wildman–Crippen MR) is 97.7 cm³/mol. The van der Waals surface area contributed by atoms with Crippen molar-refractivity contribution < 1.29 is 0 Å². The van der Waals surface area contributed by atoms with E-state index in [0.29, 0.717) is 0 Å². The first-order valence-electron chi connectivity index (χ1n) is 8.79. The molecular formula is C20H24N4. The highest BCUT2D eigenvalue weighted by Crippen LogP contribution is 2.36. The Morgan fingerprint density at radius 3 is 2.54 bits per heavy atom. The second-order valence-electron chi connectivity index (χ2n) is 6.79. The van der Waals surface area contributed by atoms with Gasteiger partial charge in [-0.25, -0.2) is 9.97 Å². The van der Waals surface area contributed by atoms with Gasteiger partial charge in [0.2, 0.25) is 0 Å². The van der Waals surface area contributed by atoms with E-state index in [2.05, 4.69) is 51.1 Å². The molecule has 2 aromatic rings. The number of likely N-dealkylation sites (N-methyl/N-ethyl adjacent to an activating group) is 1. The van der Waals surface area contributed by atoms with Gasteiger partial charge in [-0.05, 0) is 42.2 Å². The summed E-state index contributed by atoms with van der Waals surface area (Å²) in [6, 6.07) is 6.62. The molecule has 1 aliphatic heterocycles. The molecular weight excluding hydrogens is 296 g/mol. The molecule has 0 atom stereocenters. The topological polar surface area (TPSA) is 32.3 Å². The molecule has 1 aromatic heterocycles. The molecule has 4 nitrogen and oxygen atoms in total. The molecule has 2 aliphatic rings. The fourth-order valence-electron chi connectivity index (χ4n) is 3.74. The number of nitrogens with zero attached hydrogens (tertiary/aromatic N) is 4. The summed E-state index contributed by atoms with van der Waals surface area (Å²) in [7, 11) is 2.21. The van der Waals surface area contributed by atoms with Crippen molar-refractivity contribution in [2.24, 2.45) is 0 Å². The fraction of sp³-hybridized carbons (Fsp3) is 0.400. The summed E-state index contributed by atoms with van der Waals surface area (Å²) in [4.78, 5) is 13.3. The summed E-state index contributed by atoms with van der Waals surface area (Å²) < 4.78 is 0. The van der Waals surface area contributed by atoms with E-state index in [-0.39, 0.29) is 0 Å². The first-order valence-corrected chi connectivity index (χ1v) is 8.79. The largest absolute Gasteiger partial charge is 0.304 e. The number of rotatable bonds is 4. The Balaban J connectivity index is 1.48. The minimum atomic E-state index is 1.03. The number of aromatic nitrogens is 2. The smallest absolute Gasteiger partial charge is 0.115 e. The zero-order valence-corrected chi connectivity index (χ0v) is 14.3. The van der Waals surface area contributed by atoms with Crippen LogP contribution >= 0.6 is 0 Å². The SMILES string of the molecule is CN1CCN(CCC2=CCc3c2cccc3-c2cncnc2)CC1. The summed E-state index contributed by atoms with van der Waals surface area (Å²) >= 11 is 0. The number of benzene rings is 1. The minimum absolute atomic E-state index is 1.03. The minimum Gasteiger partial charge on any atom is -0.304 e. The van der Waals surface area contributed by atoms with Gasteiger partial charge in [-0.2, -0.15) is 0 Å². The molecule has 24 heavy (non-hydrogen) atoms. The highest BCUT2D eigenvalue weighted by Gasteiger charge is 2.19. The summed E-state index contributed by atoms with van der Waals surface area (Å²) in [5.41, 5.74) is 6.75. The number of piperazine rings is 1. The van der Waals surface area contributed by atoms with Gasteiger partial charge in [-0.1, -0.05) is 24.3 Å². The van der Waals surface area contributed by atoms with Crippen LogP contribution in [0.5, 0.6) is 0 Å². The van der Waals surface area contributed by atoms with Crippen molar-refractivity contribution >= 4 is 5.57 Å². The number of allylic oxidation sites excluding steroid dienone is 1. The second-order valence-corrected chi connectivity index (χ2v) is 6.79. The molecule has 0 radical (unpaired) electrons. The van der Waals surface area contributed by atoms with Crippen molar-refractivity contribution in [1.82, 2.24) is 19.8 Å². The molecule has 0 saturated carbocycles. The van der Waals surface area contributed by atoms with Gasteiger partial charge in [-0.15, -0.1) is 0 Å². The van der Waals surface area contributed by atoms with Crippen molar-refractivity contribution in [2.45, 2.75) is 12.8 Å². The quantitative estimate of drug-likeness (QED) is 0.867. The third-order valence-corrected chi connectivity index (χ3v) is 5.24. The molecule has 1 aromatic carbocycles. The monoisotopic (exact) mass is 320 g/mol. The lowest BCUT2D eigenvalue weighted by Crippen LogP contribution is -2.44. The van der Waals surface area contributed by atoms with E-state index in [9.17, 15) is 0 Å². The Kier molecular flexibility index (Phi) is 4.41. The number of hydrogen-bond acceptors (Lipinski definition) is 4. The summed E-state index contributed by atoms with van der Waals surface area (Å²) in [6.45, 7) is 5.93. The van der Waals surface area contributed by atoms with Crippen LogP contribution in [0.15, 0.2) is 43.0 Å². The Labute approximate surface area is 143 Å². The highest BCUT2D eigenvalue weighted by atomic mass is 15.2. The molecule has 124 valence electrons. The van der Waals surface area contributed by atoms with Crippen molar-refractivity contribution in [2.75, 3.05) is 39.8 Å². The second kappa shape index (κ2) is 6.83. The van der Waals surface area contributed by atoms with Gasteiger partial charge in [0.1, 0.15) is 6.33 Å². The predicted octanol–water partition coefficient (Wildman–Crippen LogP) is 2.72. The van der Waals surface area contributed by atoms with Crippen LogP contribution in [-0.2, 0) is 6.42 Å². The maximum Gasteiger partial charge on any atom is 0.115 e. The van der Waals surface area contributed by atoms with Gasteiger partial charge in [0.25, 0.3) is 0 Å². The average Bonchev–Trinajstić information content (AvgIpc) is 3.05. The lowest BCUT2D eigenvalue weighted by Gasteiger charge is -2.32. The van der Waals surface area contributed by atoms with E-state index in [4.69, 9.17) is 0 Å². The first kappa shape index (κ1) is 15.5. The maximum absolute atomic E-state index is 4.17. The Morgan fingerprint density at radius 1 is 1.00 bits per heavy atom. The third-order valence-electron chi connectivity index (χ3n) is 5.24. The molecule has 0 unspecified atom stereocenters. The molecule has 0 spiro atoms. The van der Waals surface area contributed by atoms with Crippen molar-refractivity contribution in [3.63, 3.8) is 0 Å². The first-order chi connectivity index (χ1) is 11.8. The normalized spacial score (nSPS) is 18.5. The van der Waals surface area contributed by atoms with Crippen LogP contribution in [0.25, 0.3) is 16.7 Å². The molecule has 1 fully saturated rings. The van der Waals surface area contributed by atoms with Crippen LogP contribution in [0.1, 0.15) is 17.5 Å². The van der Waals surface area contributed by atoms with Crippen molar-refractivity contribution in [3.05, 3.63) is 54.1 Å². The third kappa shape index (κ3) is 3.12. The Bertz CT molecular complexity index is 731. The van der Waals surface area contributed by atoms with Gasteiger partial charge in [-0.3, -0.25) is 0 Å². The molecule has 4 rings (SSSR count). The Morgan fingerprint density at radius 2 is 1.75 bits per heavy atom. The van der Waals surface area contributed by atoms with Crippen molar-refractivity contribution in [3.8, 4) is 11.1 Å². The summed E-state index contributed by atoms with van der Waals surface area (Å²) in [6.07, 6.45) is 9.99. The Hall–Kier alpha value is -2.04. The molecule has 0 N–H and O–H groups in total. The van der Waals surface area contributed by atoms with E-state index in [1.807, 2.05) is 12.4 Å². The summed E-state index contributed by atoms with van der Waals surface area (Å²) in [5, 5.41) is 0. The van der Waals surface area contributed by atoms with E-state index in [0.717, 1.165) is 24.9 Å². The van der Waals surface area contributed by atoms with Crippen LogP contribution < -0.4 is 0 Å². The van der Waals surface area contributed by atoms with Crippen LogP contribution in [0.3, 0.4) is 0 Å². The van der Waals surface area contributed by atoms with Crippen LogP contribution in [0, 0.1) is 0 Å².